The number of halogens is 1. The van der Waals surface area contributed by atoms with Gasteiger partial charge in [0.1, 0.15) is 0 Å². The number of rotatable bonds is 8. The number of hydrogen-bond donors (Lipinski definition) is 1. The zero-order valence-corrected chi connectivity index (χ0v) is 12.5. The molecular weight excluding hydrogens is 241 g/mol. The number of para-hydroxylation sites is 1. The normalized spacial score (nSPS) is 12.7. The maximum atomic E-state index is 13.9. The van der Waals surface area contributed by atoms with Crippen molar-refractivity contribution in [2.75, 3.05) is 6.61 Å². The standard InChI is InChI=1S/C16H26FNO/c1-5-7-13(4)11-19-16-14(10-18-12(2)3)8-6-9-15(16)17/h6,8-9,12-13,18H,5,7,10-11H2,1-4H3. The SMILES string of the molecule is CCCC(C)COc1c(F)cccc1CNC(C)C. The Morgan fingerprint density at radius 1 is 1.26 bits per heavy atom. The molecule has 3 heteroatoms. The Balaban J connectivity index is 2.68. The fraction of sp³-hybridized carbons (Fsp3) is 0.625. The van der Waals surface area contributed by atoms with Gasteiger partial charge in [0.05, 0.1) is 6.61 Å². The first-order valence-corrected chi connectivity index (χ1v) is 7.18. The molecule has 1 rings (SSSR count). The summed E-state index contributed by atoms with van der Waals surface area (Å²) in [7, 11) is 0. The van der Waals surface area contributed by atoms with Crippen molar-refractivity contribution in [2.45, 2.75) is 53.1 Å². The minimum absolute atomic E-state index is 0.272. The molecule has 2 nitrogen and oxygen atoms in total. The Bertz CT molecular complexity index is 379. The van der Waals surface area contributed by atoms with Gasteiger partial charge in [-0.15, -0.1) is 0 Å². The van der Waals surface area contributed by atoms with Crippen LogP contribution in [0.4, 0.5) is 4.39 Å². The van der Waals surface area contributed by atoms with E-state index in [2.05, 4.69) is 33.0 Å². The van der Waals surface area contributed by atoms with Gasteiger partial charge in [0.2, 0.25) is 0 Å². The molecule has 0 aliphatic heterocycles. The lowest BCUT2D eigenvalue weighted by atomic mass is 10.1. The minimum Gasteiger partial charge on any atom is -0.490 e. The first-order chi connectivity index (χ1) is 9.04. The summed E-state index contributed by atoms with van der Waals surface area (Å²) >= 11 is 0. The zero-order valence-electron chi connectivity index (χ0n) is 12.5. The van der Waals surface area contributed by atoms with Gasteiger partial charge in [0, 0.05) is 18.2 Å². The third-order valence-electron chi connectivity index (χ3n) is 3.04. The average Bonchev–Trinajstić information content (AvgIpc) is 2.35. The van der Waals surface area contributed by atoms with Gasteiger partial charge in [-0.05, 0) is 18.4 Å². The maximum absolute atomic E-state index is 13.9. The molecule has 108 valence electrons. The van der Waals surface area contributed by atoms with Crippen molar-refractivity contribution in [3.05, 3.63) is 29.6 Å². The van der Waals surface area contributed by atoms with Crippen LogP contribution in [0.1, 0.15) is 46.1 Å². The van der Waals surface area contributed by atoms with Crippen LogP contribution >= 0.6 is 0 Å². The molecule has 0 aliphatic carbocycles. The van der Waals surface area contributed by atoms with Crippen LogP contribution in [0.15, 0.2) is 18.2 Å². The van der Waals surface area contributed by atoms with Crippen LogP contribution < -0.4 is 10.1 Å². The number of ether oxygens (including phenoxy) is 1. The highest BCUT2D eigenvalue weighted by Gasteiger charge is 2.11. The largest absolute Gasteiger partial charge is 0.490 e. The van der Waals surface area contributed by atoms with Gasteiger partial charge in [-0.3, -0.25) is 0 Å². The Labute approximate surface area is 116 Å². The van der Waals surface area contributed by atoms with Crippen molar-refractivity contribution in [1.29, 1.82) is 0 Å². The van der Waals surface area contributed by atoms with Gasteiger partial charge in [-0.1, -0.05) is 46.2 Å². The van der Waals surface area contributed by atoms with Crippen LogP contribution in [-0.2, 0) is 6.54 Å². The van der Waals surface area contributed by atoms with E-state index in [0.29, 0.717) is 30.9 Å². The van der Waals surface area contributed by atoms with Gasteiger partial charge in [-0.25, -0.2) is 4.39 Å². The van der Waals surface area contributed by atoms with E-state index in [1.165, 1.54) is 6.07 Å². The average molecular weight is 267 g/mol. The Morgan fingerprint density at radius 3 is 2.63 bits per heavy atom. The highest BCUT2D eigenvalue weighted by atomic mass is 19.1. The van der Waals surface area contributed by atoms with Gasteiger partial charge < -0.3 is 10.1 Å². The number of nitrogens with one attached hydrogen (secondary N) is 1. The smallest absolute Gasteiger partial charge is 0.165 e. The Kier molecular flexibility index (Phi) is 6.85. The lowest BCUT2D eigenvalue weighted by molar-refractivity contribution is 0.239. The van der Waals surface area contributed by atoms with E-state index in [0.717, 1.165) is 18.4 Å². The third kappa shape index (κ3) is 5.60. The summed E-state index contributed by atoms with van der Waals surface area (Å²) in [5.74, 6) is 0.584. The first-order valence-electron chi connectivity index (χ1n) is 7.18. The van der Waals surface area contributed by atoms with Crippen LogP contribution in [0.2, 0.25) is 0 Å². The molecule has 0 amide bonds. The number of benzene rings is 1. The van der Waals surface area contributed by atoms with Crippen molar-refractivity contribution in [2.24, 2.45) is 5.92 Å². The van der Waals surface area contributed by atoms with E-state index in [9.17, 15) is 4.39 Å². The highest BCUT2D eigenvalue weighted by Crippen LogP contribution is 2.23. The van der Waals surface area contributed by atoms with Crippen molar-refractivity contribution in [3.8, 4) is 5.75 Å². The topological polar surface area (TPSA) is 21.3 Å². The molecule has 0 aliphatic rings. The first kappa shape index (κ1) is 16.0. The van der Waals surface area contributed by atoms with E-state index < -0.39 is 0 Å². The second-order valence-corrected chi connectivity index (χ2v) is 5.47. The summed E-state index contributed by atoms with van der Waals surface area (Å²) in [5, 5.41) is 3.30. The van der Waals surface area contributed by atoms with Crippen LogP contribution in [-0.4, -0.2) is 12.6 Å². The lowest BCUT2D eigenvalue weighted by Gasteiger charge is -2.17. The molecule has 0 saturated carbocycles. The van der Waals surface area contributed by atoms with E-state index in [-0.39, 0.29) is 5.82 Å². The number of hydrogen-bond acceptors (Lipinski definition) is 2. The van der Waals surface area contributed by atoms with Crippen LogP contribution in [0, 0.1) is 11.7 Å². The minimum atomic E-state index is -0.272. The molecule has 1 aromatic rings. The van der Waals surface area contributed by atoms with Gasteiger partial charge >= 0.3 is 0 Å². The van der Waals surface area contributed by atoms with Crippen LogP contribution in [0.5, 0.6) is 5.75 Å². The van der Waals surface area contributed by atoms with E-state index >= 15 is 0 Å². The van der Waals surface area contributed by atoms with Gasteiger partial charge in [-0.2, -0.15) is 0 Å². The quantitative estimate of drug-likeness (QED) is 0.764. The van der Waals surface area contributed by atoms with E-state index in [1.807, 2.05) is 6.07 Å². The molecule has 1 aromatic carbocycles. The second-order valence-electron chi connectivity index (χ2n) is 5.47. The molecule has 0 aromatic heterocycles. The van der Waals surface area contributed by atoms with Crippen molar-refractivity contribution < 1.29 is 9.13 Å². The fourth-order valence-corrected chi connectivity index (χ4v) is 1.97. The van der Waals surface area contributed by atoms with Crippen LogP contribution in [0.25, 0.3) is 0 Å². The summed E-state index contributed by atoms with van der Waals surface area (Å²) in [6, 6.07) is 5.47. The second kappa shape index (κ2) is 8.16. The van der Waals surface area contributed by atoms with Gasteiger partial charge in [0.15, 0.2) is 11.6 Å². The summed E-state index contributed by atoms with van der Waals surface area (Å²) < 4.78 is 19.6. The zero-order chi connectivity index (χ0) is 14.3. The molecular formula is C16H26FNO. The van der Waals surface area contributed by atoms with E-state index in [1.54, 1.807) is 6.07 Å². The maximum Gasteiger partial charge on any atom is 0.165 e. The van der Waals surface area contributed by atoms with Crippen molar-refractivity contribution >= 4 is 0 Å². The molecule has 0 radical (unpaired) electrons. The molecule has 0 fully saturated rings. The molecule has 0 spiro atoms. The lowest BCUT2D eigenvalue weighted by Crippen LogP contribution is -2.22. The predicted molar refractivity (Wildman–Crippen MR) is 77.9 cm³/mol. The third-order valence-corrected chi connectivity index (χ3v) is 3.04. The summed E-state index contributed by atoms with van der Waals surface area (Å²) in [6.07, 6.45) is 2.23. The van der Waals surface area contributed by atoms with Crippen molar-refractivity contribution in [3.63, 3.8) is 0 Å². The molecule has 0 bridgehead atoms. The summed E-state index contributed by atoms with van der Waals surface area (Å²) in [4.78, 5) is 0. The predicted octanol–water partition coefficient (Wildman–Crippen LogP) is 4.14. The monoisotopic (exact) mass is 267 g/mol. The molecule has 0 saturated heterocycles. The molecule has 0 heterocycles. The molecule has 1 unspecified atom stereocenters. The Hall–Kier alpha value is -1.09. The summed E-state index contributed by atoms with van der Waals surface area (Å²) in [5.41, 5.74) is 0.886. The van der Waals surface area contributed by atoms with Crippen LogP contribution in [0.3, 0.4) is 0 Å². The molecule has 1 atom stereocenters. The fourth-order valence-electron chi connectivity index (χ4n) is 1.97. The molecule has 1 N–H and O–H groups in total. The van der Waals surface area contributed by atoms with Crippen molar-refractivity contribution in [1.82, 2.24) is 5.32 Å². The summed E-state index contributed by atoms with van der Waals surface area (Å²) in [6.45, 7) is 9.64. The Morgan fingerprint density at radius 2 is 2.00 bits per heavy atom. The van der Waals surface area contributed by atoms with Gasteiger partial charge in [0.25, 0.3) is 0 Å². The molecule has 19 heavy (non-hydrogen) atoms. The van der Waals surface area contributed by atoms with E-state index in [4.69, 9.17) is 4.74 Å². The highest BCUT2D eigenvalue weighted by molar-refractivity contribution is 5.35.